The van der Waals surface area contributed by atoms with Gasteiger partial charge in [-0.25, -0.2) is 0 Å². The number of nitrogens with zero attached hydrogens (tertiary/aromatic N) is 2. The van der Waals surface area contributed by atoms with E-state index in [1.54, 1.807) is 0 Å². The number of aryl methyl sites for hydroxylation is 1. The fourth-order valence-corrected chi connectivity index (χ4v) is 8.72. The van der Waals surface area contributed by atoms with E-state index in [2.05, 4.69) is 92.7 Å². The van der Waals surface area contributed by atoms with Crippen LogP contribution in [0.25, 0.3) is 54.5 Å². The van der Waals surface area contributed by atoms with E-state index in [9.17, 15) is 9.90 Å². The van der Waals surface area contributed by atoms with Crippen molar-refractivity contribution in [2.75, 3.05) is 0 Å². The molecule has 1 N–H and O–H groups in total. The van der Waals surface area contributed by atoms with Crippen LogP contribution in [0.1, 0.15) is 97.1 Å². The van der Waals surface area contributed by atoms with Crippen molar-refractivity contribution in [3.05, 3.63) is 119 Å². The first-order valence-corrected chi connectivity index (χ1v) is 20.6. The molecule has 0 aliphatic heterocycles. The number of aromatic nitrogens is 2. The summed E-state index contributed by atoms with van der Waals surface area (Å²) < 4.78 is 1.28. The molecule has 0 bridgehead atoms. The summed E-state index contributed by atoms with van der Waals surface area (Å²) in [6, 6.07) is 29.6. The van der Waals surface area contributed by atoms with Crippen LogP contribution in [0, 0.1) is 22.8 Å². The molecule has 6 heteroatoms. The monoisotopic (exact) mass is 928 g/mol. The number of carbonyl (C=O) groups excluding carboxylic acids is 1. The number of thiophene rings is 1. The zero-order valence-corrected chi connectivity index (χ0v) is 36.9. The third kappa shape index (κ3) is 8.58. The second kappa shape index (κ2) is 17.9. The summed E-state index contributed by atoms with van der Waals surface area (Å²) in [6.07, 6.45) is 11.9. The Kier molecular flexibility index (Phi) is 13.7. The molecule has 1 radical (unpaired) electrons. The van der Waals surface area contributed by atoms with Crippen LogP contribution in [0.3, 0.4) is 0 Å². The maximum absolute atomic E-state index is 12.2. The van der Waals surface area contributed by atoms with Gasteiger partial charge >= 0.3 is 0 Å². The summed E-state index contributed by atoms with van der Waals surface area (Å²) in [4.78, 5) is 23.6. The first-order chi connectivity index (χ1) is 26.0. The second-order valence-corrected chi connectivity index (χ2v) is 16.9. The molecular formula is C49H55IrN2O2S-. The maximum atomic E-state index is 12.2. The van der Waals surface area contributed by atoms with Crippen LogP contribution < -0.4 is 0 Å². The zero-order valence-electron chi connectivity index (χ0n) is 33.7. The van der Waals surface area contributed by atoms with Gasteiger partial charge in [-0.1, -0.05) is 120 Å². The van der Waals surface area contributed by atoms with Gasteiger partial charge in [-0.15, -0.1) is 34.9 Å². The first kappa shape index (κ1) is 42.2. The Morgan fingerprint density at radius 1 is 0.855 bits per heavy atom. The van der Waals surface area contributed by atoms with Gasteiger partial charge in [-0.05, 0) is 85.1 Å². The van der Waals surface area contributed by atoms with Crippen molar-refractivity contribution < 1.29 is 30.0 Å². The molecule has 0 unspecified atom stereocenters. The number of hydrogen-bond donors (Lipinski definition) is 1. The molecular weight excluding hydrogens is 873 g/mol. The number of benzene rings is 3. The van der Waals surface area contributed by atoms with Gasteiger partial charge in [0.05, 0.1) is 5.69 Å². The fourth-order valence-electron chi connectivity index (χ4n) is 7.52. The van der Waals surface area contributed by atoms with E-state index < -0.39 is 0 Å². The van der Waals surface area contributed by atoms with Gasteiger partial charge in [0.1, 0.15) is 5.76 Å². The van der Waals surface area contributed by atoms with Gasteiger partial charge in [0, 0.05) is 70.2 Å². The molecule has 0 atom stereocenters. The molecule has 6 aromatic rings. The summed E-state index contributed by atoms with van der Waals surface area (Å²) in [5, 5.41) is 13.7. The molecule has 4 nitrogen and oxygen atoms in total. The molecule has 1 aliphatic carbocycles. The van der Waals surface area contributed by atoms with E-state index in [0.29, 0.717) is 5.92 Å². The largest absolute Gasteiger partial charge is 0.512 e. The molecule has 55 heavy (non-hydrogen) atoms. The Labute approximate surface area is 345 Å². The van der Waals surface area contributed by atoms with Crippen molar-refractivity contribution >= 4 is 38.0 Å². The van der Waals surface area contributed by atoms with Gasteiger partial charge in [-0.2, -0.15) is 0 Å². The Bertz CT molecular complexity index is 2300. The number of carbonyl (C=O) groups is 1. The van der Waals surface area contributed by atoms with E-state index in [1.165, 1.54) is 54.2 Å². The van der Waals surface area contributed by atoms with Crippen molar-refractivity contribution in [3.8, 4) is 33.6 Å². The number of aliphatic hydroxyl groups excluding tert-OH is 1. The van der Waals surface area contributed by atoms with Crippen LogP contribution in [0.15, 0.2) is 97.0 Å². The van der Waals surface area contributed by atoms with Crippen molar-refractivity contribution in [2.24, 2.45) is 16.7 Å². The molecule has 3 aromatic carbocycles. The third-order valence-electron chi connectivity index (χ3n) is 12.0. The minimum absolute atomic E-state index is 0. The second-order valence-electron chi connectivity index (χ2n) is 15.8. The summed E-state index contributed by atoms with van der Waals surface area (Å²) >= 11 is 1.90. The molecule has 289 valence electrons. The number of rotatable bonds is 11. The quantitative estimate of drug-likeness (QED) is 0.0799. The van der Waals surface area contributed by atoms with E-state index in [4.69, 9.17) is 9.97 Å². The number of hydrogen-bond acceptors (Lipinski definition) is 5. The van der Waals surface area contributed by atoms with Gasteiger partial charge in [0.15, 0.2) is 5.78 Å². The summed E-state index contributed by atoms with van der Waals surface area (Å²) in [5.74, 6) is 0.904. The molecule has 1 aliphatic rings. The number of pyridine rings is 2. The zero-order chi connectivity index (χ0) is 38.6. The Hall–Kier alpha value is -3.96. The Morgan fingerprint density at radius 3 is 2.16 bits per heavy atom. The molecule has 0 saturated carbocycles. The van der Waals surface area contributed by atoms with E-state index in [1.807, 2.05) is 65.3 Å². The van der Waals surface area contributed by atoms with Crippen molar-refractivity contribution in [2.45, 2.75) is 100 Å². The summed E-state index contributed by atoms with van der Waals surface area (Å²) in [6.45, 7) is 16.7. The minimum atomic E-state index is -0.337. The predicted octanol–water partition coefficient (Wildman–Crippen LogP) is 13.6. The van der Waals surface area contributed by atoms with E-state index in [-0.39, 0.29) is 42.5 Å². The molecule has 7 rings (SSSR count). The Morgan fingerprint density at radius 2 is 1.49 bits per heavy atom. The summed E-state index contributed by atoms with van der Waals surface area (Å²) in [5.41, 5.74) is 9.17. The van der Waals surface area contributed by atoms with Crippen molar-refractivity contribution in [3.63, 3.8) is 0 Å². The molecule has 0 fully saturated rings. The van der Waals surface area contributed by atoms with Gasteiger partial charge in [0.25, 0.3) is 0 Å². The standard InChI is InChI=1S/C34H27N2S.C15H28O2.Ir/c1-21(2)18-24-14-16-36-34-27(24)12-13-29-32(34)31-30(37-29)15-17-35-33(31)25-19-23-10-6-7-11-26(23)28(20-25)22-8-4-3-5-9-22;1-7-14(5,8-2)12(16)11-13(17)15(6,9-3)10-4;/h3-11,14-17,20-21H,12-13,18H2,1-2H3;11,16H,7-10H2,1-6H3;/q-1;;/b;12-11-;. The average molecular weight is 928 g/mol. The van der Waals surface area contributed by atoms with Crippen LogP contribution >= 0.6 is 11.3 Å². The van der Waals surface area contributed by atoms with Gasteiger partial charge in [-0.3, -0.25) is 14.8 Å². The summed E-state index contributed by atoms with van der Waals surface area (Å²) in [7, 11) is 0. The van der Waals surface area contributed by atoms with Crippen LogP contribution in [-0.4, -0.2) is 20.9 Å². The van der Waals surface area contributed by atoms with Gasteiger partial charge < -0.3 is 5.11 Å². The molecule has 3 heterocycles. The predicted molar refractivity (Wildman–Crippen MR) is 229 cm³/mol. The van der Waals surface area contributed by atoms with E-state index in [0.717, 1.165) is 67.3 Å². The number of ketones is 1. The SMILES string of the molecule is CC(C)Cc1ccnc2c1CCc1sc3ccnc(-c4[c-]c5ccccc5c(-c5ccccc5)c4)c3c1-2.CCC(C)(CC)C(=O)/C=C(\O)C(C)(CC)CC.[Ir]. The average Bonchev–Trinajstić information content (AvgIpc) is 3.60. The smallest absolute Gasteiger partial charge is 0.164 e. The van der Waals surface area contributed by atoms with Gasteiger partial charge in [0.2, 0.25) is 0 Å². The molecule has 3 aromatic heterocycles. The normalized spacial score (nSPS) is 12.9. The third-order valence-corrected chi connectivity index (χ3v) is 13.2. The topological polar surface area (TPSA) is 63.1 Å². The van der Waals surface area contributed by atoms with Crippen LogP contribution in [-0.2, 0) is 44.2 Å². The minimum Gasteiger partial charge on any atom is -0.512 e. The maximum Gasteiger partial charge on any atom is 0.164 e. The fraction of sp³-hybridized carbons (Fsp3) is 0.367. The molecule has 0 amide bonds. The van der Waals surface area contributed by atoms with Crippen LogP contribution in [0.4, 0.5) is 0 Å². The van der Waals surface area contributed by atoms with Crippen LogP contribution in [0.2, 0.25) is 0 Å². The van der Waals surface area contributed by atoms with E-state index >= 15 is 0 Å². The Balaban J connectivity index is 0.000000276. The molecule has 0 saturated heterocycles. The van der Waals surface area contributed by atoms with Crippen molar-refractivity contribution in [1.82, 2.24) is 9.97 Å². The first-order valence-electron chi connectivity index (χ1n) is 19.8. The number of allylic oxidation sites excluding steroid dienone is 2. The van der Waals surface area contributed by atoms with Crippen molar-refractivity contribution in [1.29, 1.82) is 0 Å². The number of aliphatic hydroxyl groups is 1. The van der Waals surface area contributed by atoms with Crippen LogP contribution in [0.5, 0.6) is 0 Å². The molecule has 0 spiro atoms. The number of fused-ring (bicyclic) bond motifs is 6.